The highest BCUT2D eigenvalue weighted by molar-refractivity contribution is 6.30. The normalized spacial score (nSPS) is 10.3. The van der Waals surface area contributed by atoms with E-state index in [9.17, 15) is 4.79 Å². The van der Waals surface area contributed by atoms with Crippen LogP contribution in [0.4, 0.5) is 0 Å². The minimum Gasteiger partial charge on any atom is -0.464 e. The first-order chi connectivity index (χ1) is 15.1. The third-order valence-corrected chi connectivity index (χ3v) is 5.23. The number of aromatic amines is 1. The number of hydrogen-bond acceptors (Lipinski definition) is 4. The van der Waals surface area contributed by atoms with Crippen molar-refractivity contribution in [3.63, 3.8) is 0 Å². The van der Waals surface area contributed by atoms with Crippen molar-refractivity contribution in [2.75, 3.05) is 7.11 Å². The van der Waals surface area contributed by atoms with Gasteiger partial charge in [0, 0.05) is 22.2 Å². The predicted octanol–water partition coefficient (Wildman–Crippen LogP) is 6.16. The molecule has 0 aliphatic rings. The summed E-state index contributed by atoms with van der Waals surface area (Å²) in [5.74, 6) is 0.000754. The lowest BCUT2D eigenvalue weighted by Crippen LogP contribution is -2.01. The molecular weight excluding hydrogens is 471 g/mol. The summed E-state index contributed by atoms with van der Waals surface area (Å²) in [6.07, 6.45) is 1.97. The zero-order valence-corrected chi connectivity index (χ0v) is 19.3. The average molecular weight is 490 g/mol. The SMILES string of the molecule is COC(=O)c1n[nH]c2ccccc12.Cl.ClCc1c(-c2ccc(Cl)cc2)nc2ccccn12. The van der Waals surface area contributed by atoms with E-state index in [4.69, 9.17) is 23.2 Å². The molecule has 5 rings (SSSR count). The van der Waals surface area contributed by atoms with Gasteiger partial charge in [-0.15, -0.1) is 24.0 Å². The number of esters is 1. The highest BCUT2D eigenvalue weighted by Crippen LogP contribution is 2.26. The Morgan fingerprint density at radius 1 is 1.06 bits per heavy atom. The van der Waals surface area contributed by atoms with E-state index in [1.54, 1.807) is 0 Å². The molecule has 164 valence electrons. The fraction of sp³-hybridized carbons (Fsp3) is 0.0870. The van der Waals surface area contributed by atoms with E-state index in [0.29, 0.717) is 11.6 Å². The second-order valence-corrected chi connectivity index (χ2v) is 7.29. The summed E-state index contributed by atoms with van der Waals surface area (Å²) < 4.78 is 6.59. The Morgan fingerprint density at radius 3 is 2.50 bits per heavy atom. The first kappa shape index (κ1) is 23.6. The number of fused-ring (bicyclic) bond motifs is 2. The van der Waals surface area contributed by atoms with Gasteiger partial charge in [0.2, 0.25) is 0 Å². The molecule has 0 aliphatic carbocycles. The van der Waals surface area contributed by atoms with Gasteiger partial charge in [-0.25, -0.2) is 9.78 Å². The van der Waals surface area contributed by atoms with Gasteiger partial charge in [-0.1, -0.05) is 48.0 Å². The number of ether oxygens (including phenoxy) is 1. The maximum Gasteiger partial charge on any atom is 0.359 e. The van der Waals surface area contributed by atoms with Crippen LogP contribution in [0.25, 0.3) is 27.8 Å². The molecule has 0 fully saturated rings. The van der Waals surface area contributed by atoms with E-state index in [2.05, 4.69) is 19.9 Å². The highest BCUT2D eigenvalue weighted by atomic mass is 35.5. The molecule has 1 N–H and O–H groups in total. The molecular formula is C23H19Cl3N4O2. The van der Waals surface area contributed by atoms with Crippen LogP contribution in [0.2, 0.25) is 5.02 Å². The number of methoxy groups -OCH3 is 1. The number of aromatic nitrogens is 4. The summed E-state index contributed by atoms with van der Waals surface area (Å²) in [7, 11) is 1.34. The van der Waals surface area contributed by atoms with Crippen molar-refractivity contribution in [2.24, 2.45) is 0 Å². The van der Waals surface area contributed by atoms with Crippen LogP contribution in [-0.2, 0) is 10.6 Å². The topological polar surface area (TPSA) is 72.3 Å². The summed E-state index contributed by atoms with van der Waals surface area (Å²) in [6, 6.07) is 20.9. The number of rotatable bonds is 3. The lowest BCUT2D eigenvalue weighted by Gasteiger charge is -2.01. The standard InChI is InChI=1S/C14H10Cl2N2.C9H8N2O2.ClH/c15-9-12-14(10-4-6-11(16)7-5-10)17-13-3-1-2-8-18(12)13;1-13-9(12)8-6-4-2-3-5-7(6)10-11-8;/h1-8H,9H2;2-5H,1H3,(H,10,11);1H. The van der Waals surface area contributed by atoms with Crippen LogP contribution in [0.5, 0.6) is 0 Å². The molecule has 0 saturated carbocycles. The van der Waals surface area contributed by atoms with Crippen LogP contribution in [0.1, 0.15) is 16.2 Å². The molecule has 32 heavy (non-hydrogen) atoms. The summed E-state index contributed by atoms with van der Waals surface area (Å²) in [5.41, 5.74) is 5.00. The van der Waals surface area contributed by atoms with Crippen LogP contribution in [0.3, 0.4) is 0 Å². The number of imidazole rings is 1. The van der Waals surface area contributed by atoms with E-state index in [-0.39, 0.29) is 12.4 Å². The monoisotopic (exact) mass is 488 g/mol. The van der Waals surface area contributed by atoms with E-state index in [1.165, 1.54) is 7.11 Å². The molecule has 0 aliphatic heterocycles. The minimum atomic E-state index is -0.419. The van der Waals surface area contributed by atoms with Crippen molar-refractivity contribution < 1.29 is 9.53 Å². The fourth-order valence-electron chi connectivity index (χ4n) is 3.23. The third kappa shape index (κ3) is 4.72. The Balaban J connectivity index is 0.000000184. The Bertz CT molecular complexity index is 1350. The number of carbonyl (C=O) groups excluding carboxylic acids is 1. The number of para-hydroxylation sites is 1. The molecule has 0 spiro atoms. The van der Waals surface area contributed by atoms with Crippen molar-refractivity contribution in [2.45, 2.75) is 5.88 Å². The summed E-state index contributed by atoms with van der Waals surface area (Å²) >= 11 is 11.9. The molecule has 0 radical (unpaired) electrons. The van der Waals surface area contributed by atoms with E-state index in [1.807, 2.05) is 77.3 Å². The van der Waals surface area contributed by atoms with Gasteiger partial charge in [-0.2, -0.15) is 5.10 Å². The molecule has 3 aromatic heterocycles. The smallest absolute Gasteiger partial charge is 0.359 e. The summed E-state index contributed by atoms with van der Waals surface area (Å²) in [5, 5.41) is 8.12. The Kier molecular flexibility index (Phi) is 7.75. The molecule has 0 amide bonds. The lowest BCUT2D eigenvalue weighted by molar-refractivity contribution is 0.0596. The number of nitrogens with one attached hydrogen (secondary N) is 1. The van der Waals surface area contributed by atoms with Gasteiger partial charge in [0.15, 0.2) is 5.69 Å². The first-order valence-corrected chi connectivity index (χ1v) is 10.3. The molecule has 0 atom stereocenters. The number of nitrogens with zero attached hydrogens (tertiary/aromatic N) is 3. The van der Waals surface area contributed by atoms with Gasteiger partial charge in [-0.05, 0) is 30.3 Å². The zero-order chi connectivity index (χ0) is 21.8. The van der Waals surface area contributed by atoms with Crippen molar-refractivity contribution in [3.8, 4) is 11.3 Å². The van der Waals surface area contributed by atoms with Crippen molar-refractivity contribution >= 4 is 58.1 Å². The fourth-order valence-corrected chi connectivity index (χ4v) is 3.61. The maximum absolute atomic E-state index is 11.2. The van der Waals surface area contributed by atoms with Crippen LogP contribution in [0.15, 0.2) is 72.9 Å². The van der Waals surface area contributed by atoms with Crippen molar-refractivity contribution in [1.82, 2.24) is 19.6 Å². The number of pyridine rings is 1. The largest absolute Gasteiger partial charge is 0.464 e. The van der Waals surface area contributed by atoms with Gasteiger partial charge < -0.3 is 9.14 Å². The number of hydrogen-bond donors (Lipinski definition) is 1. The number of carbonyl (C=O) groups is 1. The number of alkyl halides is 1. The zero-order valence-electron chi connectivity index (χ0n) is 17.0. The second kappa shape index (κ2) is 10.5. The van der Waals surface area contributed by atoms with Crippen LogP contribution in [-0.4, -0.2) is 32.7 Å². The molecule has 5 aromatic rings. The Labute approximate surface area is 200 Å². The van der Waals surface area contributed by atoms with Crippen LogP contribution < -0.4 is 0 Å². The van der Waals surface area contributed by atoms with Gasteiger partial charge in [0.1, 0.15) is 5.65 Å². The van der Waals surface area contributed by atoms with Crippen LogP contribution in [0, 0.1) is 0 Å². The molecule has 0 saturated heterocycles. The molecule has 0 unspecified atom stereocenters. The third-order valence-electron chi connectivity index (χ3n) is 4.72. The first-order valence-electron chi connectivity index (χ1n) is 9.41. The Morgan fingerprint density at radius 2 is 1.78 bits per heavy atom. The molecule has 2 aromatic carbocycles. The summed E-state index contributed by atoms with van der Waals surface area (Å²) in [6.45, 7) is 0. The van der Waals surface area contributed by atoms with E-state index >= 15 is 0 Å². The van der Waals surface area contributed by atoms with Gasteiger partial charge in [0.25, 0.3) is 0 Å². The Hall–Kier alpha value is -3.06. The maximum atomic E-state index is 11.2. The van der Waals surface area contributed by atoms with Gasteiger partial charge in [-0.3, -0.25) is 5.10 Å². The molecule has 6 nitrogen and oxygen atoms in total. The van der Waals surface area contributed by atoms with Gasteiger partial charge in [0.05, 0.1) is 29.9 Å². The highest BCUT2D eigenvalue weighted by Gasteiger charge is 2.13. The molecule has 3 heterocycles. The van der Waals surface area contributed by atoms with Crippen LogP contribution >= 0.6 is 35.6 Å². The van der Waals surface area contributed by atoms with Crippen molar-refractivity contribution in [3.05, 3.63) is 89.3 Å². The number of H-pyrrole nitrogens is 1. The number of halogens is 3. The quantitative estimate of drug-likeness (QED) is 0.243. The van der Waals surface area contributed by atoms with Gasteiger partial charge >= 0.3 is 5.97 Å². The van der Waals surface area contributed by atoms with E-state index < -0.39 is 5.97 Å². The average Bonchev–Trinajstić information content (AvgIpc) is 3.41. The minimum absolute atomic E-state index is 0. The van der Waals surface area contributed by atoms with E-state index in [0.717, 1.165) is 38.5 Å². The molecule has 0 bridgehead atoms. The summed E-state index contributed by atoms with van der Waals surface area (Å²) in [4.78, 5) is 15.8. The van der Waals surface area contributed by atoms with Crippen molar-refractivity contribution in [1.29, 1.82) is 0 Å². The molecule has 9 heteroatoms. The predicted molar refractivity (Wildman–Crippen MR) is 130 cm³/mol. The lowest BCUT2D eigenvalue weighted by atomic mass is 10.1. The number of benzene rings is 2. The second-order valence-electron chi connectivity index (χ2n) is 6.59.